The minimum absolute atomic E-state index is 0.0979. The standard InChI is InChI=1S/C16H19N7O/c1-7(2)20-15-12(14(18)21-8(3)22-15)13(17)9-4-5-11-10(6-9)23-16(19)24-11/h4-7,17H,1-3H3,(H2,19,23)(H3,18,20,21,22)/p+1. The van der Waals surface area contributed by atoms with Crippen LogP contribution in [-0.4, -0.2) is 26.7 Å². The van der Waals surface area contributed by atoms with E-state index in [9.17, 15) is 0 Å². The second kappa shape index (κ2) is 5.89. The highest BCUT2D eigenvalue weighted by Gasteiger charge is 2.21. The van der Waals surface area contributed by atoms with Crippen molar-refractivity contribution in [3.63, 3.8) is 0 Å². The van der Waals surface area contributed by atoms with Gasteiger partial charge in [0.05, 0.1) is 11.8 Å². The Bertz CT molecular complexity index is 930. The first-order valence-electron chi connectivity index (χ1n) is 7.59. The number of quaternary nitrogens is 1. The summed E-state index contributed by atoms with van der Waals surface area (Å²) in [5, 5.41) is 10.6. The van der Waals surface area contributed by atoms with Crippen molar-refractivity contribution in [3.05, 3.63) is 35.2 Å². The molecular formula is C16H20N7O+. The van der Waals surface area contributed by atoms with Crippen molar-refractivity contribution in [2.24, 2.45) is 0 Å². The van der Waals surface area contributed by atoms with Gasteiger partial charge < -0.3 is 15.9 Å². The Morgan fingerprint density at radius 2 is 1.96 bits per heavy atom. The molecule has 8 heteroatoms. The summed E-state index contributed by atoms with van der Waals surface area (Å²) in [6.45, 7) is 5.88. The first kappa shape index (κ1) is 15.9. The zero-order chi connectivity index (χ0) is 17.4. The van der Waals surface area contributed by atoms with Gasteiger partial charge in [-0.2, -0.15) is 9.97 Å². The van der Waals surface area contributed by atoms with Gasteiger partial charge in [0.25, 0.3) is 6.01 Å². The highest BCUT2D eigenvalue weighted by Crippen LogP contribution is 2.23. The Balaban J connectivity index is 2.10. The molecule has 0 radical (unpaired) electrons. The molecule has 0 aliphatic carbocycles. The molecule has 0 bridgehead atoms. The average molecular weight is 326 g/mol. The molecule has 1 aromatic carbocycles. The molecular weight excluding hydrogens is 306 g/mol. The molecule has 0 saturated carbocycles. The number of anilines is 2. The molecule has 24 heavy (non-hydrogen) atoms. The number of aromatic nitrogens is 3. The molecule has 0 saturated heterocycles. The van der Waals surface area contributed by atoms with Crippen LogP contribution in [0, 0.1) is 12.3 Å². The predicted molar refractivity (Wildman–Crippen MR) is 92.3 cm³/mol. The van der Waals surface area contributed by atoms with E-state index in [1.807, 2.05) is 19.2 Å². The molecule has 8 nitrogen and oxygen atoms in total. The van der Waals surface area contributed by atoms with Crippen molar-refractivity contribution in [2.45, 2.75) is 26.8 Å². The van der Waals surface area contributed by atoms with Crippen LogP contribution < -0.4 is 16.8 Å². The molecule has 0 aliphatic heterocycles. The first-order valence-corrected chi connectivity index (χ1v) is 7.59. The van der Waals surface area contributed by atoms with Gasteiger partial charge in [-0.25, -0.2) is 4.98 Å². The highest BCUT2D eigenvalue weighted by atomic mass is 16.4. The Hall–Kier alpha value is -3.00. The number of nitrogens with zero attached hydrogens (tertiary/aromatic N) is 3. The number of benzene rings is 1. The zero-order valence-electron chi connectivity index (χ0n) is 13.8. The van der Waals surface area contributed by atoms with E-state index in [1.54, 1.807) is 25.1 Å². The quantitative estimate of drug-likeness (QED) is 0.528. The maximum Gasteiger partial charge on any atom is 0.292 e. The molecule has 0 unspecified atom stereocenters. The Kier molecular flexibility index (Phi) is 3.90. The molecule has 124 valence electrons. The van der Waals surface area contributed by atoms with Gasteiger partial charge in [0, 0.05) is 5.56 Å². The monoisotopic (exact) mass is 326 g/mol. The summed E-state index contributed by atoms with van der Waals surface area (Å²) in [6.07, 6.45) is 0. The van der Waals surface area contributed by atoms with Crippen LogP contribution in [0.5, 0.6) is 0 Å². The molecule has 0 amide bonds. The van der Waals surface area contributed by atoms with Crippen LogP contribution in [-0.2, 0) is 0 Å². The van der Waals surface area contributed by atoms with Gasteiger partial charge in [-0.3, -0.25) is 10.7 Å². The molecule has 2 aromatic heterocycles. The predicted octanol–water partition coefficient (Wildman–Crippen LogP) is 1.11. The van der Waals surface area contributed by atoms with Crippen molar-refractivity contribution >= 4 is 34.5 Å². The summed E-state index contributed by atoms with van der Waals surface area (Å²) < 4.78 is 5.26. The Labute approximate surface area is 138 Å². The van der Waals surface area contributed by atoms with Crippen LogP contribution in [0.2, 0.25) is 0 Å². The molecule has 3 rings (SSSR count). The van der Waals surface area contributed by atoms with Crippen molar-refractivity contribution in [1.82, 2.24) is 15.0 Å². The Morgan fingerprint density at radius 1 is 1.21 bits per heavy atom. The summed E-state index contributed by atoms with van der Waals surface area (Å²) in [6, 6.07) is 5.62. The summed E-state index contributed by atoms with van der Waals surface area (Å²) >= 11 is 0. The molecule has 3 aromatic rings. The average Bonchev–Trinajstić information content (AvgIpc) is 2.84. The lowest BCUT2D eigenvalue weighted by Gasteiger charge is -2.12. The summed E-state index contributed by atoms with van der Waals surface area (Å²) in [4.78, 5) is 12.8. The SMILES string of the molecule is Cc1nc(N)c(C(=N)c2ccc3oc(N)nc3c2)c([NH2+]C(C)C)n1. The third-order valence-electron chi connectivity index (χ3n) is 3.51. The minimum atomic E-state index is 0.0979. The van der Waals surface area contributed by atoms with E-state index >= 15 is 0 Å². The van der Waals surface area contributed by atoms with Crippen LogP contribution in [0.3, 0.4) is 0 Å². The summed E-state index contributed by atoms with van der Waals surface area (Å²) in [5.74, 6) is 1.54. The van der Waals surface area contributed by atoms with Crippen LogP contribution in [0.15, 0.2) is 22.6 Å². The molecule has 0 spiro atoms. The zero-order valence-corrected chi connectivity index (χ0v) is 13.8. The number of aryl methyl sites for hydroxylation is 1. The third kappa shape index (κ3) is 2.91. The maximum atomic E-state index is 8.58. The number of hydrogen-bond acceptors (Lipinski definition) is 7. The number of nitrogens with two attached hydrogens (primary N) is 3. The normalized spacial score (nSPS) is 11.3. The Morgan fingerprint density at radius 3 is 2.67 bits per heavy atom. The maximum absolute atomic E-state index is 8.58. The van der Waals surface area contributed by atoms with Gasteiger partial charge >= 0.3 is 0 Å². The van der Waals surface area contributed by atoms with Gasteiger partial charge in [0.2, 0.25) is 5.82 Å². The lowest BCUT2D eigenvalue weighted by Crippen LogP contribution is -2.83. The van der Waals surface area contributed by atoms with E-state index in [1.165, 1.54) is 0 Å². The van der Waals surface area contributed by atoms with E-state index in [4.69, 9.17) is 21.3 Å². The van der Waals surface area contributed by atoms with Gasteiger partial charge in [0.1, 0.15) is 22.7 Å². The van der Waals surface area contributed by atoms with Crippen molar-refractivity contribution < 1.29 is 9.73 Å². The highest BCUT2D eigenvalue weighted by molar-refractivity contribution is 6.16. The van der Waals surface area contributed by atoms with Crippen LogP contribution in [0.4, 0.5) is 17.7 Å². The van der Waals surface area contributed by atoms with E-state index in [0.717, 1.165) is 0 Å². The molecule has 0 fully saturated rings. The van der Waals surface area contributed by atoms with E-state index in [-0.39, 0.29) is 17.8 Å². The largest absolute Gasteiger partial charge is 0.424 e. The van der Waals surface area contributed by atoms with Gasteiger partial charge in [-0.05, 0) is 39.0 Å². The third-order valence-corrected chi connectivity index (χ3v) is 3.51. The summed E-state index contributed by atoms with van der Waals surface area (Å²) in [7, 11) is 0. The number of nitrogen functional groups attached to an aromatic ring is 2. The number of hydrogen-bond donors (Lipinski definition) is 4. The van der Waals surface area contributed by atoms with Crippen molar-refractivity contribution in [2.75, 3.05) is 11.5 Å². The van der Waals surface area contributed by atoms with E-state index in [2.05, 4.69) is 15.0 Å². The van der Waals surface area contributed by atoms with E-state index in [0.29, 0.717) is 39.7 Å². The molecule has 0 atom stereocenters. The van der Waals surface area contributed by atoms with Gasteiger partial charge in [0.15, 0.2) is 5.58 Å². The van der Waals surface area contributed by atoms with E-state index < -0.39 is 0 Å². The van der Waals surface area contributed by atoms with Gasteiger partial charge in [-0.15, -0.1) is 0 Å². The molecule has 7 N–H and O–H groups in total. The number of nitrogens with one attached hydrogen (secondary N) is 1. The topological polar surface area (TPSA) is 144 Å². The van der Waals surface area contributed by atoms with Crippen LogP contribution in [0.25, 0.3) is 11.1 Å². The lowest BCUT2D eigenvalue weighted by molar-refractivity contribution is -0.606. The van der Waals surface area contributed by atoms with Crippen molar-refractivity contribution in [1.29, 1.82) is 5.41 Å². The minimum Gasteiger partial charge on any atom is -0.424 e. The second-order valence-corrected chi connectivity index (χ2v) is 5.94. The number of oxazole rings is 1. The first-order chi connectivity index (χ1) is 11.3. The number of fused-ring (bicyclic) bond motifs is 1. The number of rotatable bonds is 4. The molecule has 2 heterocycles. The van der Waals surface area contributed by atoms with Crippen LogP contribution >= 0.6 is 0 Å². The fourth-order valence-electron chi connectivity index (χ4n) is 2.55. The lowest BCUT2D eigenvalue weighted by atomic mass is 10.0. The smallest absolute Gasteiger partial charge is 0.292 e. The van der Waals surface area contributed by atoms with Crippen molar-refractivity contribution in [3.8, 4) is 0 Å². The summed E-state index contributed by atoms with van der Waals surface area (Å²) in [5.41, 5.74) is 14.2. The molecule has 0 aliphatic rings. The second-order valence-electron chi connectivity index (χ2n) is 5.94. The fraction of sp³-hybridized carbons (Fsp3) is 0.250. The van der Waals surface area contributed by atoms with Gasteiger partial charge in [-0.1, -0.05) is 0 Å². The fourth-order valence-corrected chi connectivity index (χ4v) is 2.55. The van der Waals surface area contributed by atoms with Crippen LogP contribution in [0.1, 0.15) is 30.8 Å².